The van der Waals surface area contributed by atoms with E-state index < -0.39 is 10.0 Å². The van der Waals surface area contributed by atoms with Crippen molar-refractivity contribution in [3.63, 3.8) is 0 Å². The summed E-state index contributed by atoms with van der Waals surface area (Å²) in [5.74, 6) is 0.430. The molecule has 1 aromatic rings. The zero-order valence-corrected chi connectivity index (χ0v) is 13.9. The standard InChI is InChI=1S/C11H17Cl2NO2S2/c1-7(2)5-8(3)14(4)18(15,16)9-6-10(12)17-11(9)13/h6-8H,5H2,1-4H3/t8-/m0/s1. The van der Waals surface area contributed by atoms with Crippen molar-refractivity contribution in [1.29, 1.82) is 0 Å². The van der Waals surface area contributed by atoms with Gasteiger partial charge < -0.3 is 0 Å². The minimum absolute atomic E-state index is 0.0789. The van der Waals surface area contributed by atoms with Gasteiger partial charge in [-0.15, -0.1) is 11.3 Å². The molecule has 1 rings (SSSR count). The van der Waals surface area contributed by atoms with Crippen molar-refractivity contribution in [2.75, 3.05) is 7.05 Å². The second kappa shape index (κ2) is 6.09. The van der Waals surface area contributed by atoms with E-state index in [-0.39, 0.29) is 15.3 Å². The molecular formula is C11H17Cl2NO2S2. The number of rotatable bonds is 5. The van der Waals surface area contributed by atoms with Crippen LogP contribution in [0.4, 0.5) is 0 Å². The highest BCUT2D eigenvalue weighted by atomic mass is 35.5. The van der Waals surface area contributed by atoms with E-state index in [1.54, 1.807) is 7.05 Å². The monoisotopic (exact) mass is 329 g/mol. The predicted molar refractivity (Wildman–Crippen MR) is 78.2 cm³/mol. The van der Waals surface area contributed by atoms with Crippen LogP contribution in [0.5, 0.6) is 0 Å². The number of halogens is 2. The van der Waals surface area contributed by atoms with E-state index in [2.05, 4.69) is 13.8 Å². The van der Waals surface area contributed by atoms with Crippen molar-refractivity contribution in [2.45, 2.75) is 38.1 Å². The van der Waals surface area contributed by atoms with Gasteiger partial charge in [-0.2, -0.15) is 4.31 Å². The van der Waals surface area contributed by atoms with E-state index >= 15 is 0 Å². The van der Waals surface area contributed by atoms with Gasteiger partial charge in [0.1, 0.15) is 9.23 Å². The third-order valence-electron chi connectivity index (χ3n) is 2.72. The lowest BCUT2D eigenvalue weighted by Gasteiger charge is -2.25. The van der Waals surface area contributed by atoms with E-state index in [1.807, 2.05) is 6.92 Å². The maximum Gasteiger partial charge on any atom is 0.245 e. The average Bonchev–Trinajstić information content (AvgIpc) is 2.56. The van der Waals surface area contributed by atoms with Gasteiger partial charge in [-0.1, -0.05) is 37.0 Å². The first kappa shape index (κ1) is 16.2. The number of thiophene rings is 1. The highest BCUT2D eigenvalue weighted by Crippen LogP contribution is 2.36. The van der Waals surface area contributed by atoms with Gasteiger partial charge >= 0.3 is 0 Å². The molecule has 0 aliphatic heterocycles. The Balaban J connectivity index is 3.03. The van der Waals surface area contributed by atoms with Crippen LogP contribution in [-0.2, 0) is 10.0 Å². The molecule has 1 atom stereocenters. The first-order valence-electron chi connectivity index (χ1n) is 5.59. The molecule has 0 aromatic carbocycles. The van der Waals surface area contributed by atoms with E-state index in [0.29, 0.717) is 10.3 Å². The molecule has 0 fully saturated rings. The lowest BCUT2D eigenvalue weighted by molar-refractivity contribution is 0.338. The number of hydrogen-bond donors (Lipinski definition) is 0. The van der Waals surface area contributed by atoms with Gasteiger partial charge in [0.15, 0.2) is 0 Å². The second-order valence-corrected chi connectivity index (χ2v) is 8.94. The van der Waals surface area contributed by atoms with Gasteiger partial charge in [0.05, 0.1) is 4.34 Å². The molecule has 0 unspecified atom stereocenters. The highest BCUT2D eigenvalue weighted by Gasteiger charge is 2.29. The van der Waals surface area contributed by atoms with E-state index in [0.717, 1.165) is 17.8 Å². The van der Waals surface area contributed by atoms with Crippen molar-refractivity contribution >= 4 is 44.6 Å². The molecule has 0 amide bonds. The molecule has 0 N–H and O–H groups in total. The summed E-state index contributed by atoms with van der Waals surface area (Å²) < 4.78 is 26.7. The molecule has 0 aliphatic rings. The van der Waals surface area contributed by atoms with Crippen molar-refractivity contribution in [3.8, 4) is 0 Å². The molecule has 0 bridgehead atoms. The molecule has 1 aromatic heterocycles. The van der Waals surface area contributed by atoms with Crippen LogP contribution in [0.1, 0.15) is 27.2 Å². The highest BCUT2D eigenvalue weighted by molar-refractivity contribution is 7.89. The van der Waals surface area contributed by atoms with Crippen LogP contribution in [0, 0.1) is 5.92 Å². The lowest BCUT2D eigenvalue weighted by Crippen LogP contribution is -2.35. The second-order valence-electron chi connectivity index (χ2n) is 4.69. The van der Waals surface area contributed by atoms with Gasteiger partial charge in [-0.05, 0) is 25.3 Å². The van der Waals surface area contributed by atoms with Gasteiger partial charge in [0, 0.05) is 13.1 Å². The van der Waals surface area contributed by atoms with Crippen LogP contribution in [0.25, 0.3) is 0 Å². The molecule has 0 radical (unpaired) electrons. The smallest absolute Gasteiger partial charge is 0.207 e. The Morgan fingerprint density at radius 3 is 2.28 bits per heavy atom. The van der Waals surface area contributed by atoms with Crippen molar-refractivity contribution in [3.05, 3.63) is 14.7 Å². The number of hydrogen-bond acceptors (Lipinski definition) is 3. The van der Waals surface area contributed by atoms with E-state index in [1.165, 1.54) is 10.4 Å². The fraction of sp³-hybridized carbons (Fsp3) is 0.636. The first-order valence-corrected chi connectivity index (χ1v) is 8.60. The first-order chi connectivity index (χ1) is 8.16. The Morgan fingerprint density at radius 1 is 1.33 bits per heavy atom. The largest absolute Gasteiger partial charge is 0.245 e. The lowest BCUT2D eigenvalue weighted by atomic mass is 10.1. The third kappa shape index (κ3) is 3.61. The quantitative estimate of drug-likeness (QED) is 0.815. The van der Waals surface area contributed by atoms with Crippen LogP contribution < -0.4 is 0 Å². The van der Waals surface area contributed by atoms with Crippen LogP contribution >= 0.6 is 34.5 Å². The van der Waals surface area contributed by atoms with E-state index in [9.17, 15) is 8.42 Å². The SMILES string of the molecule is CC(C)C[C@H](C)N(C)S(=O)(=O)c1cc(Cl)sc1Cl. The Labute approximate surface area is 123 Å². The van der Waals surface area contributed by atoms with Crippen molar-refractivity contribution in [1.82, 2.24) is 4.31 Å². The van der Waals surface area contributed by atoms with Crippen molar-refractivity contribution < 1.29 is 8.42 Å². The molecule has 7 heteroatoms. The zero-order chi connectivity index (χ0) is 14.1. The Bertz CT molecular complexity index is 511. The van der Waals surface area contributed by atoms with Crippen LogP contribution in [0.15, 0.2) is 11.0 Å². The van der Waals surface area contributed by atoms with Gasteiger partial charge in [0.2, 0.25) is 10.0 Å². The zero-order valence-electron chi connectivity index (χ0n) is 10.8. The molecule has 104 valence electrons. The number of nitrogens with zero attached hydrogens (tertiary/aromatic N) is 1. The van der Waals surface area contributed by atoms with Gasteiger partial charge in [-0.25, -0.2) is 8.42 Å². The molecule has 0 spiro atoms. The molecular weight excluding hydrogens is 313 g/mol. The predicted octanol–water partition coefficient (Wildman–Crippen LogP) is 4.11. The molecule has 0 saturated heterocycles. The Hall–Kier alpha value is 0.190. The third-order valence-corrected chi connectivity index (χ3v) is 6.44. The summed E-state index contributed by atoms with van der Waals surface area (Å²) in [5, 5.41) is 0. The number of sulfonamides is 1. The summed E-state index contributed by atoms with van der Waals surface area (Å²) in [5.41, 5.74) is 0. The van der Waals surface area contributed by atoms with Crippen LogP contribution in [0.3, 0.4) is 0 Å². The summed E-state index contributed by atoms with van der Waals surface area (Å²) in [4.78, 5) is 0.0947. The van der Waals surface area contributed by atoms with E-state index in [4.69, 9.17) is 23.2 Å². The van der Waals surface area contributed by atoms with Crippen molar-refractivity contribution in [2.24, 2.45) is 5.92 Å². The topological polar surface area (TPSA) is 37.4 Å². The minimum atomic E-state index is -3.57. The summed E-state index contributed by atoms with van der Waals surface area (Å²) in [6.45, 7) is 6.01. The summed E-state index contributed by atoms with van der Waals surface area (Å²) >= 11 is 12.8. The van der Waals surface area contributed by atoms with Gasteiger partial charge in [0.25, 0.3) is 0 Å². The van der Waals surface area contributed by atoms with Crippen LogP contribution in [0.2, 0.25) is 8.67 Å². The Morgan fingerprint density at radius 2 is 1.89 bits per heavy atom. The van der Waals surface area contributed by atoms with Crippen LogP contribution in [-0.4, -0.2) is 25.8 Å². The molecule has 3 nitrogen and oxygen atoms in total. The molecule has 18 heavy (non-hydrogen) atoms. The summed E-state index contributed by atoms with van der Waals surface area (Å²) in [7, 11) is -1.99. The maximum absolute atomic E-state index is 12.4. The normalized spacial score (nSPS) is 14.4. The molecule has 1 heterocycles. The molecule has 0 aliphatic carbocycles. The average molecular weight is 330 g/mol. The molecule has 0 saturated carbocycles. The summed E-state index contributed by atoms with van der Waals surface area (Å²) in [6.07, 6.45) is 0.797. The fourth-order valence-corrected chi connectivity index (χ4v) is 5.21. The minimum Gasteiger partial charge on any atom is -0.207 e. The van der Waals surface area contributed by atoms with Gasteiger partial charge in [-0.3, -0.25) is 0 Å². The maximum atomic E-state index is 12.4. The fourth-order valence-electron chi connectivity index (χ4n) is 1.72. The Kier molecular flexibility index (Phi) is 5.50. The summed E-state index contributed by atoms with van der Waals surface area (Å²) in [6, 6.07) is 1.33.